The summed E-state index contributed by atoms with van der Waals surface area (Å²) in [5, 5.41) is 3.40. The number of rotatable bonds is 3. The van der Waals surface area contributed by atoms with Crippen molar-refractivity contribution in [2.24, 2.45) is 11.8 Å². The second-order valence-corrected chi connectivity index (χ2v) is 6.61. The van der Waals surface area contributed by atoms with E-state index in [4.69, 9.17) is 0 Å². The molecular weight excluding hydrogens is 248 g/mol. The first-order valence-electron chi connectivity index (χ1n) is 8.17. The molecule has 1 saturated heterocycles. The Balaban J connectivity index is 1.76. The van der Waals surface area contributed by atoms with Crippen molar-refractivity contribution < 1.29 is 4.79 Å². The van der Waals surface area contributed by atoms with Gasteiger partial charge >= 0.3 is 0 Å². The minimum Gasteiger partial charge on any atom is -0.342 e. The van der Waals surface area contributed by atoms with Crippen LogP contribution in [0.5, 0.6) is 0 Å². The van der Waals surface area contributed by atoms with Gasteiger partial charge in [-0.3, -0.25) is 4.79 Å². The number of hydrogen-bond donors (Lipinski definition) is 1. The first-order chi connectivity index (χ1) is 9.75. The molecule has 1 N–H and O–H groups in total. The first kappa shape index (κ1) is 13.9. The summed E-state index contributed by atoms with van der Waals surface area (Å²) in [7, 11) is 0. The van der Waals surface area contributed by atoms with Gasteiger partial charge in [-0.05, 0) is 56.8 Å². The predicted molar refractivity (Wildman–Crippen MR) is 81.0 cm³/mol. The number of hydrogen-bond acceptors (Lipinski definition) is 2. The van der Waals surface area contributed by atoms with Crippen molar-refractivity contribution >= 4 is 5.78 Å². The molecule has 0 aromatic carbocycles. The van der Waals surface area contributed by atoms with Gasteiger partial charge in [-0.25, -0.2) is 0 Å². The van der Waals surface area contributed by atoms with Gasteiger partial charge in [0.1, 0.15) is 0 Å². The molecule has 1 aliphatic carbocycles. The lowest BCUT2D eigenvalue weighted by molar-refractivity contribution is 0.0855. The second kappa shape index (κ2) is 6.13. The topological polar surface area (TPSA) is 34.0 Å². The van der Waals surface area contributed by atoms with E-state index in [1.165, 1.54) is 12.8 Å². The molecule has 2 heterocycles. The third kappa shape index (κ3) is 2.83. The largest absolute Gasteiger partial charge is 0.342 e. The molecule has 1 saturated carbocycles. The zero-order valence-corrected chi connectivity index (χ0v) is 12.5. The van der Waals surface area contributed by atoms with Crippen LogP contribution in [0.3, 0.4) is 0 Å². The molecular formula is C17H26N2O. The average Bonchev–Trinajstić information content (AvgIpc) is 2.97. The Hall–Kier alpha value is -1.09. The lowest BCUT2D eigenvalue weighted by Crippen LogP contribution is -2.31. The standard InChI is InChI=1S/C17H26N2O/c1-13-4-2-5-14(12-13)17(20)16-6-3-11-19(16)15-7-9-18-10-8-15/h3,6,11,13-15,18H,2,4-5,7-10,12H2,1H3. The smallest absolute Gasteiger partial charge is 0.182 e. The van der Waals surface area contributed by atoms with Crippen molar-refractivity contribution in [3.8, 4) is 0 Å². The second-order valence-electron chi connectivity index (χ2n) is 6.61. The van der Waals surface area contributed by atoms with Gasteiger partial charge in [0.15, 0.2) is 5.78 Å². The van der Waals surface area contributed by atoms with Crippen molar-refractivity contribution in [1.82, 2.24) is 9.88 Å². The summed E-state index contributed by atoms with van der Waals surface area (Å²) in [5.41, 5.74) is 0.955. The zero-order chi connectivity index (χ0) is 13.9. The molecule has 2 atom stereocenters. The van der Waals surface area contributed by atoms with Gasteiger partial charge in [0, 0.05) is 18.2 Å². The highest BCUT2D eigenvalue weighted by atomic mass is 16.1. The highest BCUT2D eigenvalue weighted by Gasteiger charge is 2.28. The van der Waals surface area contributed by atoms with Crippen LogP contribution in [0, 0.1) is 11.8 Å². The fourth-order valence-electron chi connectivity index (χ4n) is 3.89. The average molecular weight is 274 g/mol. The normalized spacial score (nSPS) is 28.4. The molecule has 110 valence electrons. The molecule has 1 aromatic heterocycles. The van der Waals surface area contributed by atoms with Crippen molar-refractivity contribution in [2.45, 2.75) is 51.5 Å². The maximum Gasteiger partial charge on any atom is 0.182 e. The SMILES string of the molecule is CC1CCCC(C(=O)c2cccn2C2CCNCC2)C1. The van der Waals surface area contributed by atoms with E-state index in [2.05, 4.69) is 23.0 Å². The number of piperidine rings is 1. The molecule has 3 nitrogen and oxygen atoms in total. The van der Waals surface area contributed by atoms with E-state index in [0.29, 0.717) is 17.7 Å². The number of nitrogens with one attached hydrogen (secondary N) is 1. The van der Waals surface area contributed by atoms with Crippen LogP contribution in [0.4, 0.5) is 0 Å². The van der Waals surface area contributed by atoms with E-state index >= 15 is 0 Å². The summed E-state index contributed by atoms with van der Waals surface area (Å²) in [6, 6.07) is 4.58. The van der Waals surface area contributed by atoms with Crippen LogP contribution in [0.1, 0.15) is 62.0 Å². The molecule has 2 aliphatic rings. The third-order valence-electron chi connectivity index (χ3n) is 5.04. The zero-order valence-electron chi connectivity index (χ0n) is 12.5. The monoisotopic (exact) mass is 274 g/mol. The number of nitrogens with zero attached hydrogens (tertiary/aromatic N) is 1. The first-order valence-corrected chi connectivity index (χ1v) is 8.17. The lowest BCUT2D eigenvalue weighted by atomic mass is 9.79. The van der Waals surface area contributed by atoms with Gasteiger partial charge in [-0.1, -0.05) is 19.8 Å². The number of carbonyl (C=O) groups excluding carboxylic acids is 1. The Bertz CT molecular complexity index is 459. The van der Waals surface area contributed by atoms with E-state index in [0.717, 1.165) is 44.5 Å². The summed E-state index contributed by atoms with van der Waals surface area (Å²) in [6.07, 6.45) is 9.04. The van der Waals surface area contributed by atoms with E-state index in [1.807, 2.05) is 12.1 Å². The van der Waals surface area contributed by atoms with Crippen LogP contribution in [0.2, 0.25) is 0 Å². The number of Topliss-reactive ketones (excluding diaryl/α,β-unsaturated/α-hetero) is 1. The fourth-order valence-corrected chi connectivity index (χ4v) is 3.89. The van der Waals surface area contributed by atoms with Crippen LogP contribution in [-0.2, 0) is 0 Å². The Morgan fingerprint density at radius 3 is 2.80 bits per heavy atom. The van der Waals surface area contributed by atoms with Crippen molar-refractivity contribution in [2.75, 3.05) is 13.1 Å². The van der Waals surface area contributed by atoms with Crippen LogP contribution >= 0.6 is 0 Å². The van der Waals surface area contributed by atoms with Crippen molar-refractivity contribution in [1.29, 1.82) is 0 Å². The van der Waals surface area contributed by atoms with Crippen molar-refractivity contribution in [3.63, 3.8) is 0 Å². The van der Waals surface area contributed by atoms with E-state index < -0.39 is 0 Å². The number of carbonyl (C=O) groups is 1. The van der Waals surface area contributed by atoms with Crippen LogP contribution < -0.4 is 5.32 Å². The molecule has 3 rings (SSSR count). The summed E-state index contributed by atoms with van der Waals surface area (Å²) < 4.78 is 2.25. The molecule has 1 aromatic rings. The minimum absolute atomic E-state index is 0.258. The summed E-state index contributed by atoms with van der Waals surface area (Å²) in [4.78, 5) is 12.8. The minimum atomic E-state index is 0.258. The molecule has 2 unspecified atom stereocenters. The Labute approximate surface area is 121 Å². The molecule has 1 aliphatic heterocycles. The Morgan fingerprint density at radius 1 is 1.25 bits per heavy atom. The Kier molecular flexibility index (Phi) is 4.25. The van der Waals surface area contributed by atoms with Gasteiger partial charge in [-0.15, -0.1) is 0 Å². The summed E-state index contributed by atoms with van der Waals surface area (Å²) in [5.74, 6) is 1.36. The van der Waals surface area contributed by atoms with E-state index in [1.54, 1.807) is 0 Å². The summed E-state index contributed by atoms with van der Waals surface area (Å²) >= 11 is 0. The van der Waals surface area contributed by atoms with Crippen molar-refractivity contribution in [3.05, 3.63) is 24.0 Å². The van der Waals surface area contributed by atoms with Crippen LogP contribution in [0.25, 0.3) is 0 Å². The molecule has 0 bridgehead atoms. The maximum absolute atomic E-state index is 12.8. The Morgan fingerprint density at radius 2 is 2.05 bits per heavy atom. The molecule has 0 radical (unpaired) electrons. The highest BCUT2D eigenvalue weighted by molar-refractivity contribution is 5.96. The highest BCUT2D eigenvalue weighted by Crippen LogP contribution is 2.32. The van der Waals surface area contributed by atoms with Gasteiger partial charge in [0.05, 0.1) is 5.69 Å². The summed E-state index contributed by atoms with van der Waals surface area (Å²) in [6.45, 7) is 4.42. The van der Waals surface area contributed by atoms with E-state index in [-0.39, 0.29) is 5.92 Å². The number of aromatic nitrogens is 1. The van der Waals surface area contributed by atoms with Crippen LogP contribution in [-0.4, -0.2) is 23.4 Å². The molecule has 2 fully saturated rings. The van der Waals surface area contributed by atoms with Gasteiger partial charge in [0.2, 0.25) is 0 Å². The van der Waals surface area contributed by atoms with Gasteiger partial charge in [0.25, 0.3) is 0 Å². The predicted octanol–water partition coefficient (Wildman–Crippen LogP) is 3.42. The molecule has 0 amide bonds. The molecule has 3 heteroatoms. The van der Waals surface area contributed by atoms with Crippen LogP contribution in [0.15, 0.2) is 18.3 Å². The van der Waals surface area contributed by atoms with Gasteiger partial charge < -0.3 is 9.88 Å². The van der Waals surface area contributed by atoms with E-state index in [9.17, 15) is 4.79 Å². The number of ketones is 1. The maximum atomic E-state index is 12.8. The fraction of sp³-hybridized carbons (Fsp3) is 0.706. The third-order valence-corrected chi connectivity index (χ3v) is 5.04. The quantitative estimate of drug-likeness (QED) is 0.857. The molecule has 20 heavy (non-hydrogen) atoms. The molecule has 0 spiro atoms. The lowest BCUT2D eigenvalue weighted by Gasteiger charge is -2.29. The van der Waals surface area contributed by atoms with Gasteiger partial charge in [-0.2, -0.15) is 0 Å².